The first-order valence-corrected chi connectivity index (χ1v) is 14.4. The van der Waals surface area contributed by atoms with Crippen LogP contribution in [0.2, 0.25) is 5.02 Å². The van der Waals surface area contributed by atoms with Gasteiger partial charge in [0.1, 0.15) is 5.75 Å². The Labute approximate surface area is 222 Å². The van der Waals surface area contributed by atoms with Crippen LogP contribution in [0.5, 0.6) is 5.75 Å². The molecule has 0 heterocycles. The molecule has 202 valence electrons. The van der Waals surface area contributed by atoms with E-state index in [2.05, 4.69) is 0 Å². The van der Waals surface area contributed by atoms with Gasteiger partial charge in [0.15, 0.2) is 9.84 Å². The number of methoxy groups -OCH3 is 1. The summed E-state index contributed by atoms with van der Waals surface area (Å²) in [6.45, 7) is 17.3. The monoisotopic (exact) mass is 539 g/mol. The molecule has 36 heavy (non-hydrogen) atoms. The average Bonchev–Trinajstić information content (AvgIpc) is 2.81. The second-order valence-corrected chi connectivity index (χ2v) is 11.9. The number of amides is 1. The van der Waals surface area contributed by atoms with Crippen molar-refractivity contribution < 1.29 is 22.7 Å². The SMILES string of the molecule is CCC(C)(C)C(=O)N(c1c(C)cc(CS(=O)(=O)c2ccc(Cl)cc2)cc1OC)C(C)C.CCOCC. The molecule has 0 aliphatic carbocycles. The van der Waals surface area contributed by atoms with Crippen molar-refractivity contribution in [2.24, 2.45) is 5.41 Å². The van der Waals surface area contributed by atoms with Crippen LogP contribution in [-0.4, -0.2) is 40.7 Å². The first kappa shape index (κ1) is 31.9. The van der Waals surface area contributed by atoms with Gasteiger partial charge in [0.05, 0.1) is 23.4 Å². The number of aryl methyl sites for hydroxylation is 1. The molecule has 0 spiro atoms. The minimum absolute atomic E-state index is 0.00735. The molecular formula is C28H42ClNO5S. The van der Waals surface area contributed by atoms with Crippen molar-refractivity contribution in [3.05, 3.63) is 52.5 Å². The molecule has 0 N–H and O–H groups in total. The molecular weight excluding hydrogens is 498 g/mol. The maximum Gasteiger partial charge on any atom is 0.232 e. The van der Waals surface area contributed by atoms with E-state index in [0.717, 1.165) is 18.8 Å². The van der Waals surface area contributed by atoms with E-state index in [1.54, 1.807) is 23.1 Å². The molecule has 8 heteroatoms. The van der Waals surface area contributed by atoms with Crippen LogP contribution in [0.3, 0.4) is 0 Å². The van der Waals surface area contributed by atoms with Gasteiger partial charge >= 0.3 is 0 Å². The van der Waals surface area contributed by atoms with Gasteiger partial charge in [0.2, 0.25) is 5.91 Å². The third-order valence-electron chi connectivity index (χ3n) is 5.92. The molecule has 2 rings (SSSR count). The van der Waals surface area contributed by atoms with Crippen LogP contribution in [0.1, 0.15) is 66.0 Å². The molecule has 0 saturated carbocycles. The number of rotatable bonds is 10. The average molecular weight is 540 g/mol. The van der Waals surface area contributed by atoms with Gasteiger partial charge in [-0.1, -0.05) is 38.4 Å². The molecule has 1 amide bonds. The summed E-state index contributed by atoms with van der Waals surface area (Å²) in [5.41, 5.74) is 1.53. The number of ether oxygens (including phenoxy) is 2. The predicted molar refractivity (Wildman–Crippen MR) is 149 cm³/mol. The minimum atomic E-state index is -3.56. The standard InChI is InChI=1S/C24H32ClNO4S.C4H10O/c1-8-24(5,6)23(27)26(16(2)3)22-17(4)13-18(14-21(22)30-7)15-31(28,29)20-11-9-19(25)10-12-20;1-3-5-4-2/h9-14,16H,8,15H2,1-7H3;3-4H2,1-2H3. The maximum atomic E-state index is 13.3. The number of halogens is 1. The number of nitrogens with zero attached hydrogens (tertiary/aromatic N) is 1. The van der Waals surface area contributed by atoms with Crippen molar-refractivity contribution in [2.45, 2.75) is 78.5 Å². The van der Waals surface area contributed by atoms with Gasteiger partial charge in [0.25, 0.3) is 0 Å². The molecule has 0 aliphatic heterocycles. The van der Waals surface area contributed by atoms with Crippen LogP contribution >= 0.6 is 11.6 Å². The number of carbonyl (C=O) groups excluding carboxylic acids is 1. The Kier molecular flexibility index (Phi) is 12.4. The van der Waals surface area contributed by atoms with Crippen molar-refractivity contribution in [3.8, 4) is 5.75 Å². The van der Waals surface area contributed by atoms with Crippen LogP contribution in [0.4, 0.5) is 5.69 Å². The highest BCUT2D eigenvalue weighted by Gasteiger charge is 2.35. The van der Waals surface area contributed by atoms with Gasteiger partial charge in [-0.15, -0.1) is 0 Å². The first-order valence-electron chi connectivity index (χ1n) is 12.3. The van der Waals surface area contributed by atoms with E-state index in [1.165, 1.54) is 19.2 Å². The van der Waals surface area contributed by atoms with Gasteiger partial charge < -0.3 is 14.4 Å². The van der Waals surface area contributed by atoms with Gasteiger partial charge in [-0.25, -0.2) is 8.42 Å². The number of sulfone groups is 1. The quantitative estimate of drug-likeness (QED) is 0.330. The van der Waals surface area contributed by atoms with Gasteiger partial charge in [-0.05, 0) is 82.5 Å². The fraction of sp³-hybridized carbons (Fsp3) is 0.536. The van der Waals surface area contributed by atoms with E-state index in [9.17, 15) is 13.2 Å². The predicted octanol–water partition coefficient (Wildman–Crippen LogP) is 6.85. The lowest BCUT2D eigenvalue weighted by Crippen LogP contribution is -2.45. The third-order valence-corrected chi connectivity index (χ3v) is 7.88. The van der Waals surface area contributed by atoms with Crippen molar-refractivity contribution in [2.75, 3.05) is 25.2 Å². The molecule has 6 nitrogen and oxygen atoms in total. The molecule has 0 bridgehead atoms. The smallest absolute Gasteiger partial charge is 0.232 e. The molecule has 2 aromatic carbocycles. The van der Waals surface area contributed by atoms with Crippen LogP contribution in [0.15, 0.2) is 41.3 Å². The Morgan fingerprint density at radius 1 is 1.06 bits per heavy atom. The van der Waals surface area contributed by atoms with E-state index in [0.29, 0.717) is 28.4 Å². The molecule has 0 fully saturated rings. The number of hydrogen-bond donors (Lipinski definition) is 0. The Bertz CT molecular complexity index is 1090. The number of anilines is 1. The molecule has 0 aliphatic rings. The summed E-state index contributed by atoms with van der Waals surface area (Å²) in [6, 6.07) is 9.56. The Morgan fingerprint density at radius 3 is 2.03 bits per heavy atom. The second kappa shape index (κ2) is 14.0. The highest BCUT2D eigenvalue weighted by Crippen LogP contribution is 2.38. The Morgan fingerprint density at radius 2 is 1.61 bits per heavy atom. The van der Waals surface area contributed by atoms with E-state index >= 15 is 0 Å². The minimum Gasteiger partial charge on any atom is -0.495 e. The maximum absolute atomic E-state index is 13.3. The molecule has 0 radical (unpaired) electrons. The molecule has 0 aromatic heterocycles. The van der Waals surface area contributed by atoms with Crippen LogP contribution in [-0.2, 0) is 25.1 Å². The highest BCUT2D eigenvalue weighted by atomic mass is 35.5. The summed E-state index contributed by atoms with van der Waals surface area (Å²) in [4.78, 5) is 15.3. The first-order chi connectivity index (χ1) is 16.7. The van der Waals surface area contributed by atoms with E-state index in [-0.39, 0.29) is 22.6 Å². The summed E-state index contributed by atoms with van der Waals surface area (Å²) < 4.78 is 36.2. The lowest BCUT2D eigenvalue weighted by atomic mass is 9.87. The van der Waals surface area contributed by atoms with E-state index < -0.39 is 15.3 Å². The summed E-state index contributed by atoms with van der Waals surface area (Å²) in [5, 5.41) is 0.481. The number of benzene rings is 2. The number of carbonyl (C=O) groups is 1. The van der Waals surface area contributed by atoms with E-state index in [4.69, 9.17) is 21.1 Å². The van der Waals surface area contributed by atoms with Gasteiger partial charge in [0, 0.05) is 29.7 Å². The summed E-state index contributed by atoms with van der Waals surface area (Å²) >= 11 is 5.88. The summed E-state index contributed by atoms with van der Waals surface area (Å²) in [5.74, 6) is 0.311. The Hall–Kier alpha value is -2.09. The second-order valence-electron chi connectivity index (χ2n) is 9.46. The molecule has 0 saturated heterocycles. The highest BCUT2D eigenvalue weighted by molar-refractivity contribution is 7.90. The zero-order chi connectivity index (χ0) is 27.7. The number of hydrogen-bond acceptors (Lipinski definition) is 5. The van der Waals surface area contributed by atoms with Gasteiger partial charge in [-0.3, -0.25) is 4.79 Å². The molecule has 0 unspecified atom stereocenters. The normalized spacial score (nSPS) is 11.6. The van der Waals surface area contributed by atoms with Crippen molar-refractivity contribution >= 4 is 33.0 Å². The van der Waals surface area contributed by atoms with Crippen LogP contribution < -0.4 is 9.64 Å². The third kappa shape index (κ3) is 8.49. The van der Waals surface area contributed by atoms with Crippen molar-refractivity contribution in [1.29, 1.82) is 0 Å². The zero-order valence-corrected chi connectivity index (χ0v) is 24.7. The van der Waals surface area contributed by atoms with Crippen molar-refractivity contribution in [3.63, 3.8) is 0 Å². The lowest BCUT2D eigenvalue weighted by Gasteiger charge is -2.36. The zero-order valence-electron chi connectivity index (χ0n) is 23.1. The lowest BCUT2D eigenvalue weighted by molar-refractivity contribution is -0.127. The summed E-state index contributed by atoms with van der Waals surface area (Å²) in [6.07, 6.45) is 0.702. The van der Waals surface area contributed by atoms with Crippen LogP contribution in [0.25, 0.3) is 0 Å². The fourth-order valence-electron chi connectivity index (χ4n) is 3.59. The Balaban J connectivity index is 0.00000118. The van der Waals surface area contributed by atoms with E-state index in [1.807, 2.05) is 61.5 Å². The van der Waals surface area contributed by atoms with Crippen molar-refractivity contribution in [1.82, 2.24) is 0 Å². The topological polar surface area (TPSA) is 72.9 Å². The largest absolute Gasteiger partial charge is 0.495 e. The molecule has 2 aromatic rings. The van der Waals surface area contributed by atoms with Crippen LogP contribution in [0, 0.1) is 12.3 Å². The van der Waals surface area contributed by atoms with Gasteiger partial charge in [-0.2, -0.15) is 0 Å². The summed E-state index contributed by atoms with van der Waals surface area (Å²) in [7, 11) is -2.03. The fourth-order valence-corrected chi connectivity index (χ4v) is 5.04. The molecule has 0 atom stereocenters.